The molecule has 4 heteroatoms. The highest BCUT2D eigenvalue weighted by atomic mass is 16.5. The third kappa shape index (κ3) is 4.47. The van der Waals surface area contributed by atoms with E-state index in [2.05, 4.69) is 19.2 Å². The van der Waals surface area contributed by atoms with Gasteiger partial charge in [0.1, 0.15) is 17.4 Å². The number of carbonyl (C=O) groups is 1. The zero-order chi connectivity index (χ0) is 17.5. The summed E-state index contributed by atoms with van der Waals surface area (Å²) in [4.78, 5) is 12.2. The molecule has 0 saturated heterocycles. The Bertz CT molecular complexity index is 767. The van der Waals surface area contributed by atoms with Crippen LogP contribution < -0.4 is 10.1 Å². The summed E-state index contributed by atoms with van der Waals surface area (Å²) in [5, 5.41) is 12.0. The molecule has 0 unspecified atom stereocenters. The second-order valence-corrected chi connectivity index (χ2v) is 5.67. The fraction of sp³-hybridized carbons (Fsp3) is 0.200. The van der Waals surface area contributed by atoms with Gasteiger partial charge in [-0.15, -0.1) is 0 Å². The van der Waals surface area contributed by atoms with Crippen molar-refractivity contribution in [1.82, 2.24) is 0 Å². The maximum Gasteiger partial charge on any atom is 0.266 e. The number of nitrogens with zero attached hydrogens (tertiary/aromatic N) is 1. The van der Waals surface area contributed by atoms with Crippen LogP contribution in [0.1, 0.15) is 30.9 Å². The minimum absolute atomic E-state index is 0.0584. The topological polar surface area (TPSA) is 62.1 Å². The summed E-state index contributed by atoms with van der Waals surface area (Å²) < 4.78 is 5.07. The molecule has 0 heterocycles. The van der Waals surface area contributed by atoms with Crippen LogP contribution in [0.5, 0.6) is 5.75 Å². The van der Waals surface area contributed by atoms with Crippen LogP contribution in [-0.2, 0) is 4.79 Å². The molecule has 0 saturated carbocycles. The van der Waals surface area contributed by atoms with Crippen molar-refractivity contribution in [3.8, 4) is 11.8 Å². The van der Waals surface area contributed by atoms with E-state index >= 15 is 0 Å². The highest BCUT2D eigenvalue weighted by molar-refractivity contribution is 6.09. The number of ether oxygens (including phenoxy) is 1. The van der Waals surface area contributed by atoms with Crippen molar-refractivity contribution >= 4 is 17.7 Å². The number of rotatable bonds is 5. The molecule has 1 amide bonds. The largest absolute Gasteiger partial charge is 0.497 e. The average molecular weight is 320 g/mol. The molecule has 0 bridgehead atoms. The third-order valence-corrected chi connectivity index (χ3v) is 3.63. The van der Waals surface area contributed by atoms with Gasteiger partial charge >= 0.3 is 0 Å². The van der Waals surface area contributed by atoms with Crippen molar-refractivity contribution in [3.05, 3.63) is 65.2 Å². The first-order valence-electron chi connectivity index (χ1n) is 7.70. The number of benzene rings is 2. The normalized spacial score (nSPS) is 11.0. The van der Waals surface area contributed by atoms with Gasteiger partial charge in [-0.3, -0.25) is 4.79 Å². The summed E-state index contributed by atoms with van der Waals surface area (Å²) in [5.74, 6) is 0.710. The number of hydrogen-bond acceptors (Lipinski definition) is 3. The number of nitriles is 1. The van der Waals surface area contributed by atoms with Gasteiger partial charge in [-0.2, -0.15) is 5.26 Å². The summed E-state index contributed by atoms with van der Waals surface area (Å²) in [6.45, 7) is 4.24. The molecule has 0 atom stereocenters. The van der Waals surface area contributed by atoms with Gasteiger partial charge in [-0.1, -0.05) is 38.1 Å². The lowest BCUT2D eigenvalue weighted by Gasteiger charge is -2.07. The van der Waals surface area contributed by atoms with E-state index in [0.29, 0.717) is 17.4 Å². The van der Waals surface area contributed by atoms with Crippen LogP contribution in [-0.4, -0.2) is 13.0 Å². The molecule has 2 aromatic rings. The fourth-order valence-corrected chi connectivity index (χ4v) is 2.17. The Labute approximate surface area is 142 Å². The number of anilines is 1. The van der Waals surface area contributed by atoms with Gasteiger partial charge < -0.3 is 10.1 Å². The Morgan fingerprint density at radius 2 is 1.75 bits per heavy atom. The number of hydrogen-bond donors (Lipinski definition) is 1. The van der Waals surface area contributed by atoms with Crippen LogP contribution in [0.15, 0.2) is 54.1 Å². The van der Waals surface area contributed by atoms with Gasteiger partial charge in [0.05, 0.1) is 7.11 Å². The smallest absolute Gasteiger partial charge is 0.266 e. The maximum absolute atomic E-state index is 12.2. The molecule has 0 aliphatic carbocycles. The third-order valence-electron chi connectivity index (χ3n) is 3.63. The van der Waals surface area contributed by atoms with E-state index in [1.807, 2.05) is 30.3 Å². The van der Waals surface area contributed by atoms with E-state index in [4.69, 9.17) is 4.74 Å². The second kappa shape index (κ2) is 7.98. The highest BCUT2D eigenvalue weighted by Crippen LogP contribution is 2.18. The lowest BCUT2D eigenvalue weighted by Crippen LogP contribution is -2.13. The number of amides is 1. The molecule has 0 aliphatic heterocycles. The van der Waals surface area contributed by atoms with Crippen molar-refractivity contribution in [3.63, 3.8) is 0 Å². The first-order chi connectivity index (χ1) is 11.5. The van der Waals surface area contributed by atoms with Crippen molar-refractivity contribution in [2.24, 2.45) is 0 Å². The number of carbonyl (C=O) groups excluding carboxylic acids is 1. The summed E-state index contributed by atoms with van der Waals surface area (Å²) in [6.07, 6.45) is 1.59. The average Bonchev–Trinajstić information content (AvgIpc) is 2.60. The zero-order valence-electron chi connectivity index (χ0n) is 14.0. The first-order valence-corrected chi connectivity index (χ1v) is 7.70. The van der Waals surface area contributed by atoms with E-state index in [1.165, 1.54) is 5.56 Å². The molecule has 0 spiro atoms. The fourth-order valence-electron chi connectivity index (χ4n) is 2.17. The Hall–Kier alpha value is -3.06. The molecule has 1 N–H and O–H groups in total. The molecule has 4 nitrogen and oxygen atoms in total. The van der Waals surface area contributed by atoms with Crippen LogP contribution in [0.25, 0.3) is 6.08 Å². The molecule has 2 rings (SSSR count). The van der Waals surface area contributed by atoms with Gasteiger partial charge in [-0.05, 0) is 47.4 Å². The minimum Gasteiger partial charge on any atom is -0.497 e. The number of nitrogens with one attached hydrogen (secondary N) is 1. The molecule has 0 radical (unpaired) electrons. The van der Waals surface area contributed by atoms with Crippen molar-refractivity contribution in [1.29, 1.82) is 5.26 Å². The van der Waals surface area contributed by atoms with Gasteiger partial charge in [0.25, 0.3) is 5.91 Å². The van der Waals surface area contributed by atoms with Crippen molar-refractivity contribution in [2.45, 2.75) is 19.8 Å². The van der Waals surface area contributed by atoms with E-state index in [-0.39, 0.29) is 5.57 Å². The Morgan fingerprint density at radius 1 is 1.12 bits per heavy atom. The van der Waals surface area contributed by atoms with E-state index in [9.17, 15) is 10.1 Å². The minimum atomic E-state index is -0.435. The van der Waals surface area contributed by atoms with Crippen LogP contribution in [0.3, 0.4) is 0 Å². The molecule has 2 aromatic carbocycles. The SMILES string of the molecule is COc1ccc(NC(=O)/C(C#N)=C/c2ccc(C(C)C)cc2)cc1. The summed E-state index contributed by atoms with van der Waals surface area (Å²) in [5.41, 5.74) is 2.70. The van der Waals surface area contributed by atoms with Crippen molar-refractivity contribution < 1.29 is 9.53 Å². The molecule has 0 fully saturated rings. The van der Waals surface area contributed by atoms with Crippen LogP contribution in [0.4, 0.5) is 5.69 Å². The summed E-state index contributed by atoms with van der Waals surface area (Å²) >= 11 is 0. The quantitative estimate of drug-likeness (QED) is 0.657. The van der Waals surface area contributed by atoms with Crippen molar-refractivity contribution in [2.75, 3.05) is 12.4 Å². The van der Waals surface area contributed by atoms with E-state index < -0.39 is 5.91 Å². The molecular formula is C20H20N2O2. The lowest BCUT2D eigenvalue weighted by atomic mass is 10.0. The first kappa shape index (κ1) is 17.3. The lowest BCUT2D eigenvalue weighted by molar-refractivity contribution is -0.112. The zero-order valence-corrected chi connectivity index (χ0v) is 14.0. The van der Waals surface area contributed by atoms with Gasteiger partial charge in [0.2, 0.25) is 0 Å². The summed E-state index contributed by atoms with van der Waals surface area (Å²) in [7, 11) is 1.58. The molecule has 122 valence electrons. The standard InChI is InChI=1S/C20H20N2O2/c1-14(2)16-6-4-15(5-7-16)12-17(13-21)20(23)22-18-8-10-19(24-3)11-9-18/h4-12,14H,1-3H3,(H,22,23)/b17-12+. The van der Waals surface area contributed by atoms with Gasteiger partial charge in [-0.25, -0.2) is 0 Å². The maximum atomic E-state index is 12.2. The Morgan fingerprint density at radius 3 is 2.25 bits per heavy atom. The van der Waals surface area contributed by atoms with Gasteiger partial charge in [0, 0.05) is 5.69 Å². The van der Waals surface area contributed by atoms with Crippen LogP contribution >= 0.6 is 0 Å². The molecule has 0 aromatic heterocycles. The molecule has 24 heavy (non-hydrogen) atoms. The molecular weight excluding hydrogens is 300 g/mol. The second-order valence-electron chi connectivity index (χ2n) is 5.67. The predicted octanol–water partition coefficient (Wildman–Crippen LogP) is 4.36. The van der Waals surface area contributed by atoms with E-state index in [1.54, 1.807) is 37.5 Å². The van der Waals surface area contributed by atoms with E-state index in [0.717, 1.165) is 5.56 Å². The summed E-state index contributed by atoms with van der Waals surface area (Å²) in [6, 6.07) is 16.7. The highest BCUT2D eigenvalue weighted by Gasteiger charge is 2.10. The Balaban J connectivity index is 2.14. The van der Waals surface area contributed by atoms with Gasteiger partial charge in [0.15, 0.2) is 0 Å². The molecule has 0 aliphatic rings. The van der Waals surface area contributed by atoms with Crippen LogP contribution in [0, 0.1) is 11.3 Å². The van der Waals surface area contributed by atoms with Crippen LogP contribution in [0.2, 0.25) is 0 Å². The Kier molecular flexibility index (Phi) is 5.75. The predicted molar refractivity (Wildman–Crippen MR) is 95.7 cm³/mol. The number of methoxy groups -OCH3 is 1. The monoisotopic (exact) mass is 320 g/mol.